The molecule has 106 valence electrons. The van der Waals surface area contributed by atoms with Crippen molar-refractivity contribution in [3.05, 3.63) is 70.8 Å². The van der Waals surface area contributed by atoms with E-state index in [-0.39, 0.29) is 5.41 Å². The number of hydrogen-bond donors (Lipinski definition) is 1. The second-order valence-corrected chi connectivity index (χ2v) is 6.22. The summed E-state index contributed by atoms with van der Waals surface area (Å²) < 4.78 is 0. The summed E-state index contributed by atoms with van der Waals surface area (Å²) in [6.45, 7) is 10.9. The molecule has 0 atom stereocenters. The summed E-state index contributed by atoms with van der Waals surface area (Å²) in [7, 11) is 0. The van der Waals surface area contributed by atoms with Crippen LogP contribution in [0.15, 0.2) is 48.5 Å². The van der Waals surface area contributed by atoms with Gasteiger partial charge in [0.15, 0.2) is 0 Å². The zero-order chi connectivity index (χ0) is 14.6. The van der Waals surface area contributed by atoms with Gasteiger partial charge in [0.25, 0.3) is 0 Å². The molecule has 0 aliphatic rings. The second kappa shape index (κ2) is 6.23. The van der Waals surface area contributed by atoms with Gasteiger partial charge in [-0.3, -0.25) is 0 Å². The first kappa shape index (κ1) is 14.8. The highest BCUT2D eigenvalue weighted by atomic mass is 14.9. The lowest BCUT2D eigenvalue weighted by Gasteiger charge is -2.26. The standard InChI is InChI=1S/C19H25N/c1-15-9-8-10-16(2)18(15)13-20-14-19(3,4)17-11-6-5-7-12-17/h5-12,20H,13-14H2,1-4H3. The Morgan fingerprint density at radius 1 is 0.850 bits per heavy atom. The smallest absolute Gasteiger partial charge is 0.0211 e. The molecule has 2 rings (SSSR count). The van der Waals surface area contributed by atoms with Gasteiger partial charge < -0.3 is 5.32 Å². The molecule has 1 nitrogen and oxygen atoms in total. The van der Waals surface area contributed by atoms with Crippen LogP contribution in [0.3, 0.4) is 0 Å². The molecule has 1 heteroatoms. The number of nitrogens with one attached hydrogen (secondary N) is 1. The van der Waals surface area contributed by atoms with Gasteiger partial charge in [-0.25, -0.2) is 0 Å². The highest BCUT2D eigenvalue weighted by molar-refractivity contribution is 5.33. The second-order valence-electron chi connectivity index (χ2n) is 6.22. The molecule has 0 fully saturated rings. The van der Waals surface area contributed by atoms with E-state index in [0.717, 1.165) is 13.1 Å². The molecule has 0 aliphatic heterocycles. The quantitative estimate of drug-likeness (QED) is 0.848. The van der Waals surface area contributed by atoms with Crippen molar-refractivity contribution in [1.29, 1.82) is 0 Å². The molecule has 0 bridgehead atoms. The normalized spacial score (nSPS) is 11.6. The maximum Gasteiger partial charge on any atom is 0.0211 e. The first-order valence-corrected chi connectivity index (χ1v) is 7.32. The van der Waals surface area contributed by atoms with E-state index in [2.05, 4.69) is 81.5 Å². The first-order valence-electron chi connectivity index (χ1n) is 7.32. The van der Waals surface area contributed by atoms with Crippen molar-refractivity contribution in [1.82, 2.24) is 5.32 Å². The summed E-state index contributed by atoms with van der Waals surface area (Å²) in [6.07, 6.45) is 0. The van der Waals surface area contributed by atoms with E-state index in [4.69, 9.17) is 0 Å². The highest BCUT2D eigenvalue weighted by Gasteiger charge is 2.19. The van der Waals surface area contributed by atoms with Crippen molar-refractivity contribution in [3.8, 4) is 0 Å². The Kier molecular flexibility index (Phi) is 4.61. The number of hydrogen-bond acceptors (Lipinski definition) is 1. The van der Waals surface area contributed by atoms with Crippen LogP contribution in [-0.2, 0) is 12.0 Å². The first-order chi connectivity index (χ1) is 9.50. The lowest BCUT2D eigenvalue weighted by Crippen LogP contribution is -2.32. The number of aryl methyl sites for hydroxylation is 2. The van der Waals surface area contributed by atoms with Crippen LogP contribution in [0.2, 0.25) is 0 Å². The number of rotatable bonds is 5. The predicted octanol–water partition coefficient (Wildman–Crippen LogP) is 4.37. The zero-order valence-corrected chi connectivity index (χ0v) is 13.0. The molecule has 0 unspecified atom stereocenters. The molecule has 0 saturated heterocycles. The Balaban J connectivity index is 1.99. The number of benzene rings is 2. The molecule has 0 spiro atoms. The van der Waals surface area contributed by atoms with Crippen molar-refractivity contribution in [3.63, 3.8) is 0 Å². The van der Waals surface area contributed by atoms with E-state index in [1.54, 1.807) is 0 Å². The van der Waals surface area contributed by atoms with Crippen LogP contribution < -0.4 is 5.32 Å². The van der Waals surface area contributed by atoms with Crippen LogP contribution >= 0.6 is 0 Å². The summed E-state index contributed by atoms with van der Waals surface area (Å²) >= 11 is 0. The molecule has 20 heavy (non-hydrogen) atoms. The Morgan fingerprint density at radius 3 is 2.05 bits per heavy atom. The van der Waals surface area contributed by atoms with Gasteiger partial charge in [-0.05, 0) is 36.1 Å². The molecule has 1 N–H and O–H groups in total. The van der Waals surface area contributed by atoms with Gasteiger partial charge in [0.1, 0.15) is 0 Å². The minimum Gasteiger partial charge on any atom is -0.312 e. The zero-order valence-electron chi connectivity index (χ0n) is 13.0. The van der Waals surface area contributed by atoms with Gasteiger partial charge in [-0.1, -0.05) is 62.4 Å². The van der Waals surface area contributed by atoms with E-state index in [0.29, 0.717) is 0 Å². The van der Waals surface area contributed by atoms with Crippen LogP contribution in [0, 0.1) is 13.8 Å². The van der Waals surface area contributed by atoms with Crippen molar-refractivity contribution in [2.45, 2.75) is 39.7 Å². The summed E-state index contributed by atoms with van der Waals surface area (Å²) in [5.74, 6) is 0. The molecule has 0 amide bonds. The van der Waals surface area contributed by atoms with E-state index in [1.807, 2.05) is 0 Å². The largest absolute Gasteiger partial charge is 0.312 e. The van der Waals surface area contributed by atoms with Crippen LogP contribution in [0.5, 0.6) is 0 Å². The fraction of sp³-hybridized carbons (Fsp3) is 0.368. The minimum atomic E-state index is 0.151. The summed E-state index contributed by atoms with van der Waals surface area (Å²) in [6, 6.07) is 17.2. The van der Waals surface area contributed by atoms with E-state index >= 15 is 0 Å². The third-order valence-corrected chi connectivity index (χ3v) is 4.07. The van der Waals surface area contributed by atoms with E-state index < -0.39 is 0 Å². The fourth-order valence-corrected chi connectivity index (χ4v) is 2.62. The van der Waals surface area contributed by atoms with Crippen molar-refractivity contribution < 1.29 is 0 Å². The van der Waals surface area contributed by atoms with Gasteiger partial charge in [0.05, 0.1) is 0 Å². The summed E-state index contributed by atoms with van der Waals surface area (Å²) in [5, 5.41) is 3.62. The van der Waals surface area contributed by atoms with Crippen molar-refractivity contribution in [2.24, 2.45) is 0 Å². The van der Waals surface area contributed by atoms with E-state index in [9.17, 15) is 0 Å². The predicted molar refractivity (Wildman–Crippen MR) is 87.1 cm³/mol. The molecule has 0 aromatic heterocycles. The Labute approximate surface area is 123 Å². The molecule has 0 radical (unpaired) electrons. The van der Waals surface area contributed by atoms with Crippen molar-refractivity contribution in [2.75, 3.05) is 6.54 Å². The summed E-state index contributed by atoms with van der Waals surface area (Å²) in [4.78, 5) is 0. The van der Waals surface area contributed by atoms with E-state index in [1.165, 1.54) is 22.3 Å². The lowest BCUT2D eigenvalue weighted by atomic mass is 9.84. The molecule has 0 heterocycles. The van der Waals surface area contributed by atoms with Crippen LogP contribution in [0.1, 0.15) is 36.1 Å². The highest BCUT2D eigenvalue weighted by Crippen LogP contribution is 2.22. The SMILES string of the molecule is Cc1cccc(C)c1CNCC(C)(C)c1ccccc1. The third kappa shape index (κ3) is 3.49. The maximum absolute atomic E-state index is 3.62. The van der Waals surface area contributed by atoms with Crippen LogP contribution in [-0.4, -0.2) is 6.54 Å². The topological polar surface area (TPSA) is 12.0 Å². The average Bonchev–Trinajstić information content (AvgIpc) is 2.43. The van der Waals surface area contributed by atoms with Gasteiger partial charge in [0, 0.05) is 18.5 Å². The van der Waals surface area contributed by atoms with Crippen LogP contribution in [0.4, 0.5) is 0 Å². The van der Waals surface area contributed by atoms with Gasteiger partial charge >= 0.3 is 0 Å². The Morgan fingerprint density at radius 2 is 1.45 bits per heavy atom. The molecular formula is C19H25N. The molecule has 0 saturated carbocycles. The summed E-state index contributed by atoms with van der Waals surface area (Å²) in [5.41, 5.74) is 5.70. The molecular weight excluding hydrogens is 242 g/mol. The maximum atomic E-state index is 3.62. The van der Waals surface area contributed by atoms with Crippen molar-refractivity contribution >= 4 is 0 Å². The van der Waals surface area contributed by atoms with Crippen LogP contribution in [0.25, 0.3) is 0 Å². The molecule has 2 aromatic rings. The minimum absolute atomic E-state index is 0.151. The van der Waals surface area contributed by atoms with Gasteiger partial charge in [-0.2, -0.15) is 0 Å². The monoisotopic (exact) mass is 267 g/mol. The molecule has 0 aliphatic carbocycles. The van der Waals surface area contributed by atoms with Gasteiger partial charge in [0.2, 0.25) is 0 Å². The fourth-order valence-electron chi connectivity index (χ4n) is 2.62. The third-order valence-electron chi connectivity index (χ3n) is 4.07. The Bertz CT molecular complexity index is 535. The van der Waals surface area contributed by atoms with Gasteiger partial charge in [-0.15, -0.1) is 0 Å². The lowest BCUT2D eigenvalue weighted by molar-refractivity contribution is 0.468. The molecule has 2 aromatic carbocycles. The average molecular weight is 267 g/mol. The Hall–Kier alpha value is -1.60.